The second-order valence-corrected chi connectivity index (χ2v) is 3.42. The smallest absolute Gasteiger partial charge is 0.246 e. The molecule has 0 fully saturated rings. The molecule has 17 heavy (non-hydrogen) atoms. The van der Waals surface area contributed by atoms with E-state index in [0.717, 1.165) is 5.69 Å². The highest BCUT2D eigenvalue weighted by atomic mass is 16.5. The molecule has 86 valence electrons. The van der Waals surface area contributed by atoms with Gasteiger partial charge in [-0.3, -0.25) is 0 Å². The van der Waals surface area contributed by atoms with Gasteiger partial charge in [0, 0.05) is 5.69 Å². The highest BCUT2D eigenvalue weighted by Crippen LogP contribution is 2.05. The topological polar surface area (TPSA) is 101 Å². The maximum absolute atomic E-state index is 8.77. The molecular formula is C10H10N6O. The maximum Gasteiger partial charge on any atom is 0.246 e. The van der Waals surface area contributed by atoms with Crippen molar-refractivity contribution >= 4 is 5.95 Å². The Morgan fingerprint density at radius 1 is 1.35 bits per heavy atom. The molecular weight excluding hydrogens is 220 g/mol. The summed E-state index contributed by atoms with van der Waals surface area (Å²) >= 11 is 0. The van der Waals surface area contributed by atoms with Crippen LogP contribution < -0.4 is 5.32 Å². The van der Waals surface area contributed by atoms with E-state index in [9.17, 15) is 0 Å². The molecule has 0 aliphatic heterocycles. The van der Waals surface area contributed by atoms with Gasteiger partial charge in [0.15, 0.2) is 5.82 Å². The van der Waals surface area contributed by atoms with Crippen molar-refractivity contribution in [1.82, 2.24) is 20.1 Å². The summed E-state index contributed by atoms with van der Waals surface area (Å²) in [5, 5.41) is 15.3. The van der Waals surface area contributed by atoms with Crippen LogP contribution in [0.4, 0.5) is 5.95 Å². The quantitative estimate of drug-likeness (QED) is 0.837. The fraction of sp³-hybridized carbons (Fsp3) is 0.300. The lowest BCUT2D eigenvalue weighted by atomic mass is 10.3. The van der Waals surface area contributed by atoms with Crippen LogP contribution >= 0.6 is 0 Å². The summed E-state index contributed by atoms with van der Waals surface area (Å²) in [5.74, 6) is 1.40. The number of hydrogen-bond acceptors (Lipinski definition) is 7. The molecule has 0 aliphatic carbocycles. The van der Waals surface area contributed by atoms with Gasteiger partial charge in [-0.05, 0) is 19.9 Å². The first-order valence-electron chi connectivity index (χ1n) is 4.96. The first-order chi connectivity index (χ1) is 8.17. The number of hydrogen-bond donors (Lipinski definition) is 1. The summed E-state index contributed by atoms with van der Waals surface area (Å²) in [6.45, 7) is 3.86. The first-order valence-corrected chi connectivity index (χ1v) is 4.96. The van der Waals surface area contributed by atoms with E-state index in [1.54, 1.807) is 19.9 Å². The second kappa shape index (κ2) is 4.57. The summed E-state index contributed by atoms with van der Waals surface area (Å²) in [6, 6.07) is 3.58. The van der Waals surface area contributed by atoms with Crippen molar-refractivity contribution in [3.05, 3.63) is 29.2 Å². The van der Waals surface area contributed by atoms with E-state index in [0.29, 0.717) is 29.9 Å². The Balaban J connectivity index is 2.09. The van der Waals surface area contributed by atoms with E-state index < -0.39 is 0 Å². The number of anilines is 1. The Hall–Kier alpha value is -2.49. The molecule has 0 bridgehead atoms. The minimum absolute atomic E-state index is 0.321. The monoisotopic (exact) mass is 230 g/mol. The molecule has 7 heteroatoms. The Morgan fingerprint density at radius 2 is 2.18 bits per heavy atom. The molecule has 0 amide bonds. The Labute approximate surface area is 97.5 Å². The molecule has 2 aromatic heterocycles. The molecule has 0 atom stereocenters. The molecule has 0 aromatic carbocycles. The van der Waals surface area contributed by atoms with Gasteiger partial charge in [0.1, 0.15) is 11.8 Å². The van der Waals surface area contributed by atoms with Gasteiger partial charge in [-0.2, -0.15) is 10.2 Å². The number of nitrogens with one attached hydrogen (secondary N) is 1. The molecule has 2 heterocycles. The molecule has 7 nitrogen and oxygen atoms in total. The zero-order valence-corrected chi connectivity index (χ0v) is 9.43. The number of nitrogens with zero attached hydrogens (tertiary/aromatic N) is 5. The first kappa shape index (κ1) is 11.0. The average Bonchev–Trinajstić information content (AvgIpc) is 2.72. The molecule has 0 radical (unpaired) electrons. The van der Waals surface area contributed by atoms with Gasteiger partial charge in [-0.1, -0.05) is 5.16 Å². The number of rotatable bonds is 3. The lowest BCUT2D eigenvalue weighted by Gasteiger charge is -2.02. The van der Waals surface area contributed by atoms with Crippen LogP contribution in [0.3, 0.4) is 0 Å². The van der Waals surface area contributed by atoms with Crippen LogP contribution in [0.5, 0.6) is 0 Å². The number of aryl methyl sites for hydroxylation is 2. The van der Waals surface area contributed by atoms with Crippen LogP contribution in [0.2, 0.25) is 0 Å². The third kappa shape index (κ3) is 2.75. The Kier molecular flexibility index (Phi) is 2.96. The molecule has 0 saturated carbocycles. The largest absolute Gasteiger partial charge is 0.345 e. The van der Waals surface area contributed by atoms with Crippen LogP contribution in [0.15, 0.2) is 10.6 Å². The van der Waals surface area contributed by atoms with Gasteiger partial charge in [0.05, 0.1) is 6.54 Å². The molecule has 1 N–H and O–H groups in total. The summed E-state index contributed by atoms with van der Waals surface area (Å²) in [7, 11) is 0. The predicted molar refractivity (Wildman–Crippen MR) is 57.8 cm³/mol. The zero-order chi connectivity index (χ0) is 12.3. The van der Waals surface area contributed by atoms with E-state index in [2.05, 4.69) is 25.4 Å². The molecule has 0 aliphatic rings. The molecule has 0 unspecified atom stereocenters. The van der Waals surface area contributed by atoms with Crippen molar-refractivity contribution < 1.29 is 4.52 Å². The van der Waals surface area contributed by atoms with Gasteiger partial charge in [-0.15, -0.1) is 0 Å². The molecule has 0 saturated heterocycles. The van der Waals surface area contributed by atoms with Crippen molar-refractivity contribution in [3.63, 3.8) is 0 Å². The predicted octanol–water partition coefficient (Wildman–Crippen LogP) is 0.960. The maximum atomic E-state index is 8.77. The minimum atomic E-state index is 0.321. The zero-order valence-electron chi connectivity index (χ0n) is 9.43. The van der Waals surface area contributed by atoms with Gasteiger partial charge >= 0.3 is 0 Å². The highest BCUT2D eigenvalue weighted by Gasteiger charge is 2.05. The summed E-state index contributed by atoms with van der Waals surface area (Å²) in [5.41, 5.74) is 1.04. The molecule has 2 rings (SSSR count). The number of aromatic nitrogens is 4. The van der Waals surface area contributed by atoms with Crippen LogP contribution in [0, 0.1) is 25.2 Å². The van der Waals surface area contributed by atoms with Crippen LogP contribution in [-0.4, -0.2) is 20.1 Å². The van der Waals surface area contributed by atoms with Crippen LogP contribution in [-0.2, 0) is 6.54 Å². The van der Waals surface area contributed by atoms with Crippen molar-refractivity contribution in [1.29, 1.82) is 5.26 Å². The fourth-order valence-corrected chi connectivity index (χ4v) is 1.27. The van der Waals surface area contributed by atoms with Crippen LogP contribution in [0.1, 0.15) is 23.1 Å². The summed E-state index contributed by atoms with van der Waals surface area (Å²) < 4.78 is 4.93. The van der Waals surface area contributed by atoms with E-state index in [1.165, 1.54) is 0 Å². The van der Waals surface area contributed by atoms with Gasteiger partial charge in [-0.25, -0.2) is 9.97 Å². The molecule has 0 spiro atoms. The summed E-state index contributed by atoms with van der Waals surface area (Å²) in [6.07, 6.45) is 0. The van der Waals surface area contributed by atoms with Crippen molar-refractivity contribution in [2.75, 3.05) is 5.32 Å². The Bertz CT molecular complexity index is 570. The average molecular weight is 230 g/mol. The van der Waals surface area contributed by atoms with Gasteiger partial charge in [0.2, 0.25) is 11.8 Å². The van der Waals surface area contributed by atoms with Crippen molar-refractivity contribution in [2.24, 2.45) is 0 Å². The van der Waals surface area contributed by atoms with E-state index >= 15 is 0 Å². The lowest BCUT2D eigenvalue weighted by molar-refractivity contribution is 0.379. The van der Waals surface area contributed by atoms with Gasteiger partial charge < -0.3 is 9.84 Å². The van der Waals surface area contributed by atoms with Crippen molar-refractivity contribution in [3.8, 4) is 6.07 Å². The van der Waals surface area contributed by atoms with E-state index in [1.807, 2.05) is 6.07 Å². The van der Waals surface area contributed by atoms with Crippen LogP contribution in [0.25, 0.3) is 0 Å². The third-order valence-corrected chi connectivity index (χ3v) is 1.94. The fourth-order valence-electron chi connectivity index (χ4n) is 1.27. The summed E-state index contributed by atoms with van der Waals surface area (Å²) in [4.78, 5) is 12.2. The van der Waals surface area contributed by atoms with E-state index in [4.69, 9.17) is 9.78 Å². The standard InChI is InChI=1S/C10H10N6O/c1-6-3-8(4-11)15-10(13-6)12-5-9-14-7(2)16-17-9/h3H,5H2,1-2H3,(H,12,13,15). The number of nitriles is 1. The van der Waals surface area contributed by atoms with Gasteiger partial charge in [0.25, 0.3) is 0 Å². The minimum Gasteiger partial charge on any atom is -0.345 e. The van der Waals surface area contributed by atoms with E-state index in [-0.39, 0.29) is 0 Å². The molecule has 2 aromatic rings. The second-order valence-electron chi connectivity index (χ2n) is 3.42. The SMILES string of the molecule is Cc1cc(C#N)nc(NCc2nc(C)no2)n1. The Morgan fingerprint density at radius 3 is 2.82 bits per heavy atom. The third-order valence-electron chi connectivity index (χ3n) is 1.94. The van der Waals surface area contributed by atoms with Crippen molar-refractivity contribution in [2.45, 2.75) is 20.4 Å². The normalized spacial score (nSPS) is 9.94. The lowest BCUT2D eigenvalue weighted by Crippen LogP contribution is -2.05. The highest BCUT2D eigenvalue weighted by molar-refractivity contribution is 5.32.